The Hall–Kier alpha value is -1.18. The summed E-state index contributed by atoms with van der Waals surface area (Å²) in [7, 11) is -1.14. The topological polar surface area (TPSA) is 65.5 Å². The van der Waals surface area contributed by atoms with Crippen molar-refractivity contribution in [2.75, 3.05) is 44.8 Å². The van der Waals surface area contributed by atoms with Crippen molar-refractivity contribution in [2.45, 2.75) is 37.6 Å². The SMILES string of the molecule is CNc1cc(C2CCCN(C3CCN(S(C)(=O)=O)CC3)C2)ccn1. The molecule has 2 saturated heterocycles. The summed E-state index contributed by atoms with van der Waals surface area (Å²) in [5.74, 6) is 1.47. The average Bonchev–Trinajstić information content (AvgIpc) is 2.61. The molecule has 6 nitrogen and oxygen atoms in total. The Labute approximate surface area is 145 Å². The number of pyridine rings is 1. The van der Waals surface area contributed by atoms with Crippen molar-refractivity contribution in [3.05, 3.63) is 23.9 Å². The van der Waals surface area contributed by atoms with Crippen molar-refractivity contribution < 1.29 is 8.42 Å². The summed E-state index contributed by atoms with van der Waals surface area (Å²) in [4.78, 5) is 6.88. The molecular formula is C17H28N4O2S. The first-order chi connectivity index (χ1) is 11.5. The number of rotatable bonds is 4. The van der Waals surface area contributed by atoms with Crippen LogP contribution in [0.1, 0.15) is 37.2 Å². The van der Waals surface area contributed by atoms with Gasteiger partial charge in [-0.3, -0.25) is 4.90 Å². The monoisotopic (exact) mass is 352 g/mol. The summed E-state index contributed by atoms with van der Waals surface area (Å²) in [5.41, 5.74) is 1.35. The lowest BCUT2D eigenvalue weighted by atomic mass is 9.89. The highest BCUT2D eigenvalue weighted by atomic mass is 32.2. The third-order valence-corrected chi connectivity index (χ3v) is 6.68. The molecule has 0 saturated carbocycles. The zero-order chi connectivity index (χ0) is 17.2. The van der Waals surface area contributed by atoms with Gasteiger partial charge in [-0.05, 0) is 55.8 Å². The smallest absolute Gasteiger partial charge is 0.211 e. The van der Waals surface area contributed by atoms with Crippen molar-refractivity contribution in [2.24, 2.45) is 0 Å². The second kappa shape index (κ2) is 7.37. The number of anilines is 1. The highest BCUT2D eigenvalue weighted by Crippen LogP contribution is 2.31. The first kappa shape index (κ1) is 17.6. The molecule has 24 heavy (non-hydrogen) atoms. The summed E-state index contributed by atoms with van der Waals surface area (Å²) in [6.45, 7) is 3.51. The number of hydrogen-bond donors (Lipinski definition) is 1. The summed E-state index contributed by atoms with van der Waals surface area (Å²) < 4.78 is 25.0. The van der Waals surface area contributed by atoms with Gasteiger partial charge < -0.3 is 5.32 Å². The van der Waals surface area contributed by atoms with Crippen molar-refractivity contribution in [1.29, 1.82) is 0 Å². The summed E-state index contributed by atoms with van der Waals surface area (Å²) in [6.07, 6.45) is 7.49. The highest BCUT2D eigenvalue weighted by molar-refractivity contribution is 7.88. The average molecular weight is 353 g/mol. The third kappa shape index (κ3) is 4.07. The largest absolute Gasteiger partial charge is 0.373 e. The number of piperidine rings is 2. The first-order valence-electron chi connectivity index (χ1n) is 8.80. The van der Waals surface area contributed by atoms with Crippen LogP contribution in [-0.2, 0) is 10.0 Å². The maximum Gasteiger partial charge on any atom is 0.211 e. The van der Waals surface area contributed by atoms with Crippen LogP contribution in [0.3, 0.4) is 0 Å². The summed E-state index contributed by atoms with van der Waals surface area (Å²) >= 11 is 0. The van der Waals surface area contributed by atoms with Gasteiger partial charge in [0.25, 0.3) is 0 Å². The molecule has 134 valence electrons. The van der Waals surface area contributed by atoms with Gasteiger partial charge >= 0.3 is 0 Å². The van der Waals surface area contributed by atoms with Crippen molar-refractivity contribution in [1.82, 2.24) is 14.2 Å². The van der Waals surface area contributed by atoms with Gasteiger partial charge in [-0.25, -0.2) is 17.7 Å². The summed E-state index contributed by atoms with van der Waals surface area (Å²) in [5, 5.41) is 3.11. The molecule has 7 heteroatoms. The molecule has 0 bridgehead atoms. The summed E-state index contributed by atoms with van der Waals surface area (Å²) in [6, 6.07) is 4.79. The Morgan fingerprint density at radius 2 is 1.96 bits per heavy atom. The van der Waals surface area contributed by atoms with Crippen molar-refractivity contribution >= 4 is 15.8 Å². The minimum atomic E-state index is -3.04. The molecule has 3 heterocycles. The maximum atomic E-state index is 11.7. The molecule has 2 fully saturated rings. The van der Waals surface area contributed by atoms with Crippen LogP contribution in [0.2, 0.25) is 0 Å². The lowest BCUT2D eigenvalue weighted by Gasteiger charge is -2.42. The van der Waals surface area contributed by atoms with Crippen LogP contribution in [-0.4, -0.2) is 68.1 Å². The fourth-order valence-corrected chi connectivity index (χ4v) is 4.86. The third-order valence-electron chi connectivity index (χ3n) is 5.37. The number of nitrogens with zero attached hydrogens (tertiary/aromatic N) is 3. The highest BCUT2D eigenvalue weighted by Gasteiger charge is 2.31. The molecule has 2 aliphatic rings. The zero-order valence-corrected chi connectivity index (χ0v) is 15.4. The molecule has 0 aliphatic carbocycles. The van der Waals surface area contributed by atoms with E-state index in [4.69, 9.17) is 0 Å². The van der Waals surface area contributed by atoms with Crippen LogP contribution in [0.25, 0.3) is 0 Å². The standard InChI is InChI=1S/C17H28N4O2S/c1-18-17-12-14(5-8-19-17)15-4-3-9-20(13-15)16-6-10-21(11-7-16)24(2,22)23/h5,8,12,15-16H,3-4,6-7,9-11,13H2,1-2H3,(H,18,19). The maximum absolute atomic E-state index is 11.7. The van der Waals surface area contributed by atoms with Crippen LogP contribution in [0, 0.1) is 0 Å². The van der Waals surface area contributed by atoms with E-state index in [-0.39, 0.29) is 0 Å². The van der Waals surface area contributed by atoms with E-state index in [1.165, 1.54) is 24.7 Å². The Morgan fingerprint density at radius 1 is 1.21 bits per heavy atom. The zero-order valence-electron chi connectivity index (χ0n) is 14.6. The van der Waals surface area contributed by atoms with E-state index in [0.717, 1.165) is 31.7 Å². The normalized spacial score (nSPS) is 24.8. The second-order valence-electron chi connectivity index (χ2n) is 6.95. The fraction of sp³-hybridized carbons (Fsp3) is 0.706. The number of hydrogen-bond acceptors (Lipinski definition) is 5. The molecule has 2 aliphatic heterocycles. The predicted molar refractivity (Wildman–Crippen MR) is 96.8 cm³/mol. The minimum absolute atomic E-state index is 0.511. The Morgan fingerprint density at radius 3 is 2.62 bits per heavy atom. The Balaban J connectivity index is 1.62. The fourth-order valence-electron chi connectivity index (χ4n) is 3.99. The van der Waals surface area contributed by atoms with Gasteiger partial charge in [-0.1, -0.05) is 0 Å². The van der Waals surface area contributed by atoms with Gasteiger partial charge in [0.05, 0.1) is 6.26 Å². The second-order valence-corrected chi connectivity index (χ2v) is 8.93. The Bertz CT molecular complexity index is 656. The first-order valence-corrected chi connectivity index (χ1v) is 10.6. The number of aromatic nitrogens is 1. The minimum Gasteiger partial charge on any atom is -0.373 e. The molecule has 1 aromatic heterocycles. The van der Waals surface area contributed by atoms with Gasteiger partial charge in [0.15, 0.2) is 0 Å². The van der Waals surface area contributed by atoms with E-state index < -0.39 is 10.0 Å². The quantitative estimate of drug-likeness (QED) is 0.894. The molecule has 3 rings (SSSR count). The molecule has 0 amide bonds. The molecule has 1 atom stereocenters. The predicted octanol–water partition coefficient (Wildman–Crippen LogP) is 1.73. The number of sulfonamides is 1. The van der Waals surface area contributed by atoms with Crippen molar-refractivity contribution in [3.63, 3.8) is 0 Å². The Kier molecular flexibility index (Phi) is 5.42. The molecular weight excluding hydrogens is 324 g/mol. The lowest BCUT2D eigenvalue weighted by Crippen LogP contribution is -2.49. The number of likely N-dealkylation sites (tertiary alicyclic amines) is 1. The van der Waals surface area contributed by atoms with Gasteiger partial charge in [-0.15, -0.1) is 0 Å². The van der Waals surface area contributed by atoms with E-state index in [0.29, 0.717) is 25.0 Å². The van der Waals surface area contributed by atoms with Gasteiger partial charge in [-0.2, -0.15) is 0 Å². The van der Waals surface area contributed by atoms with Gasteiger partial charge in [0, 0.05) is 38.9 Å². The van der Waals surface area contributed by atoms with Crippen LogP contribution in [0.4, 0.5) is 5.82 Å². The molecule has 1 aromatic rings. The van der Waals surface area contributed by atoms with Crippen LogP contribution < -0.4 is 5.32 Å². The van der Waals surface area contributed by atoms with Gasteiger partial charge in [0.1, 0.15) is 5.82 Å². The lowest BCUT2D eigenvalue weighted by molar-refractivity contribution is 0.107. The van der Waals surface area contributed by atoms with E-state index in [1.54, 1.807) is 4.31 Å². The number of nitrogens with one attached hydrogen (secondary N) is 1. The van der Waals surface area contributed by atoms with E-state index in [1.807, 2.05) is 13.2 Å². The van der Waals surface area contributed by atoms with Crippen LogP contribution >= 0.6 is 0 Å². The van der Waals surface area contributed by atoms with Crippen molar-refractivity contribution in [3.8, 4) is 0 Å². The van der Waals surface area contributed by atoms with Crippen LogP contribution in [0.5, 0.6) is 0 Å². The molecule has 1 unspecified atom stereocenters. The van der Waals surface area contributed by atoms with Gasteiger partial charge in [0.2, 0.25) is 10.0 Å². The molecule has 0 radical (unpaired) electrons. The molecule has 0 spiro atoms. The van der Waals surface area contributed by atoms with E-state index in [2.05, 4.69) is 27.3 Å². The van der Waals surface area contributed by atoms with Crippen LogP contribution in [0.15, 0.2) is 18.3 Å². The molecule has 0 aromatic carbocycles. The van der Waals surface area contributed by atoms with E-state index >= 15 is 0 Å². The van der Waals surface area contributed by atoms with E-state index in [9.17, 15) is 8.42 Å². The molecule has 1 N–H and O–H groups in total.